The highest BCUT2D eigenvalue weighted by Gasteiger charge is 2.27. The quantitative estimate of drug-likeness (QED) is 0.927. The monoisotopic (exact) mass is 304 g/mol. The molecule has 1 N–H and O–H groups in total. The fourth-order valence-corrected chi connectivity index (χ4v) is 3.08. The third-order valence-electron chi connectivity index (χ3n) is 4.11. The molecular weight excluding hydrogens is 280 g/mol. The summed E-state index contributed by atoms with van der Waals surface area (Å²) in [5.74, 6) is -0.646. The van der Waals surface area contributed by atoms with E-state index in [0.29, 0.717) is 11.5 Å². The maximum atomic E-state index is 12.8. The van der Waals surface area contributed by atoms with Gasteiger partial charge in [-0.25, -0.2) is 9.78 Å². The van der Waals surface area contributed by atoms with E-state index in [1.807, 2.05) is 4.90 Å². The van der Waals surface area contributed by atoms with Gasteiger partial charge in [0.05, 0.1) is 0 Å². The lowest BCUT2D eigenvalue weighted by Crippen LogP contribution is -2.40. The zero-order valence-electron chi connectivity index (χ0n) is 13.3. The van der Waals surface area contributed by atoms with Crippen LogP contribution in [-0.4, -0.2) is 39.5 Å². The summed E-state index contributed by atoms with van der Waals surface area (Å²) in [6, 6.07) is 3.23. The summed E-state index contributed by atoms with van der Waals surface area (Å²) in [6.45, 7) is 5.09. The van der Waals surface area contributed by atoms with Gasteiger partial charge in [-0.2, -0.15) is 0 Å². The minimum absolute atomic E-state index is 0.0718. The second-order valence-electron chi connectivity index (χ2n) is 6.37. The molecule has 0 bridgehead atoms. The highest BCUT2D eigenvalue weighted by molar-refractivity contribution is 5.96. The largest absolute Gasteiger partial charge is 0.477 e. The minimum Gasteiger partial charge on any atom is -0.477 e. The number of hydrogen-bond acceptors (Lipinski definition) is 3. The van der Waals surface area contributed by atoms with Crippen LogP contribution in [0.15, 0.2) is 18.3 Å². The van der Waals surface area contributed by atoms with Gasteiger partial charge in [0.25, 0.3) is 5.91 Å². The first-order valence-electron chi connectivity index (χ1n) is 7.99. The number of rotatable bonds is 4. The van der Waals surface area contributed by atoms with Gasteiger partial charge in [-0.3, -0.25) is 4.79 Å². The predicted octanol–water partition coefficient (Wildman–Crippen LogP) is 3.21. The summed E-state index contributed by atoms with van der Waals surface area (Å²) >= 11 is 0. The molecule has 0 aliphatic carbocycles. The van der Waals surface area contributed by atoms with Crippen molar-refractivity contribution >= 4 is 11.9 Å². The molecule has 1 aromatic rings. The second-order valence-corrected chi connectivity index (χ2v) is 6.37. The van der Waals surface area contributed by atoms with Gasteiger partial charge in [-0.1, -0.05) is 26.7 Å². The van der Waals surface area contributed by atoms with Crippen LogP contribution in [0.4, 0.5) is 0 Å². The molecule has 120 valence electrons. The number of carboxylic acid groups (broad SMARTS) is 1. The first-order chi connectivity index (χ1) is 10.5. The maximum Gasteiger partial charge on any atom is 0.354 e. The Morgan fingerprint density at radius 3 is 2.82 bits per heavy atom. The molecular formula is C17H24N2O3. The third-order valence-corrected chi connectivity index (χ3v) is 4.11. The normalized spacial score (nSPS) is 19.0. The molecule has 1 aliphatic heterocycles. The summed E-state index contributed by atoms with van der Waals surface area (Å²) in [4.78, 5) is 29.6. The summed E-state index contributed by atoms with van der Waals surface area (Å²) in [5, 5.41) is 9.03. The molecule has 2 rings (SSSR count). The van der Waals surface area contributed by atoms with Crippen LogP contribution < -0.4 is 0 Å². The van der Waals surface area contributed by atoms with Crippen molar-refractivity contribution in [1.29, 1.82) is 0 Å². The zero-order valence-corrected chi connectivity index (χ0v) is 13.3. The van der Waals surface area contributed by atoms with Crippen molar-refractivity contribution in [2.24, 2.45) is 5.92 Å². The van der Waals surface area contributed by atoms with E-state index >= 15 is 0 Å². The molecule has 0 radical (unpaired) electrons. The minimum atomic E-state index is -1.11. The highest BCUT2D eigenvalue weighted by Crippen LogP contribution is 2.24. The van der Waals surface area contributed by atoms with Crippen LogP contribution in [0, 0.1) is 5.92 Å². The SMILES string of the molecule is CC(C)CC1CCCCCN1C(=O)c1ccnc(C(=O)O)c1. The molecule has 1 amide bonds. The Balaban J connectivity index is 2.23. The molecule has 1 unspecified atom stereocenters. The van der Waals surface area contributed by atoms with Gasteiger partial charge in [0.15, 0.2) is 0 Å². The van der Waals surface area contributed by atoms with Crippen molar-refractivity contribution in [3.05, 3.63) is 29.6 Å². The number of amides is 1. The molecule has 0 aromatic carbocycles. The summed E-state index contributed by atoms with van der Waals surface area (Å²) < 4.78 is 0. The predicted molar refractivity (Wildman–Crippen MR) is 83.9 cm³/mol. The molecule has 0 spiro atoms. The lowest BCUT2D eigenvalue weighted by molar-refractivity contribution is 0.0661. The first kappa shape index (κ1) is 16.5. The fourth-order valence-electron chi connectivity index (χ4n) is 3.08. The average Bonchev–Trinajstić information content (AvgIpc) is 2.71. The van der Waals surface area contributed by atoms with Gasteiger partial charge in [0.2, 0.25) is 0 Å². The van der Waals surface area contributed by atoms with Gasteiger partial charge in [-0.15, -0.1) is 0 Å². The lowest BCUT2D eigenvalue weighted by atomic mass is 9.98. The van der Waals surface area contributed by atoms with Crippen molar-refractivity contribution in [3.8, 4) is 0 Å². The van der Waals surface area contributed by atoms with E-state index in [0.717, 1.165) is 38.6 Å². The number of carbonyl (C=O) groups excluding carboxylic acids is 1. The van der Waals surface area contributed by atoms with Gasteiger partial charge >= 0.3 is 5.97 Å². The molecule has 1 fully saturated rings. The van der Waals surface area contributed by atoms with Gasteiger partial charge in [-0.05, 0) is 37.3 Å². The van der Waals surface area contributed by atoms with E-state index in [1.165, 1.54) is 12.3 Å². The molecule has 0 saturated carbocycles. The van der Waals surface area contributed by atoms with E-state index in [-0.39, 0.29) is 17.6 Å². The number of aromatic carboxylic acids is 1. The van der Waals surface area contributed by atoms with Crippen molar-refractivity contribution < 1.29 is 14.7 Å². The molecule has 2 heterocycles. The molecule has 5 nitrogen and oxygen atoms in total. The smallest absolute Gasteiger partial charge is 0.354 e. The number of nitrogens with zero attached hydrogens (tertiary/aromatic N) is 2. The Morgan fingerprint density at radius 2 is 2.14 bits per heavy atom. The third kappa shape index (κ3) is 4.06. The van der Waals surface area contributed by atoms with Crippen LogP contribution >= 0.6 is 0 Å². The second kappa shape index (κ2) is 7.38. The number of carbonyl (C=O) groups is 2. The van der Waals surface area contributed by atoms with Crippen LogP contribution in [0.5, 0.6) is 0 Å². The van der Waals surface area contributed by atoms with Crippen LogP contribution in [-0.2, 0) is 0 Å². The van der Waals surface area contributed by atoms with Crippen LogP contribution in [0.3, 0.4) is 0 Å². The topological polar surface area (TPSA) is 70.5 Å². The Labute approximate surface area is 131 Å². The van der Waals surface area contributed by atoms with Gasteiger partial charge in [0, 0.05) is 24.3 Å². The summed E-state index contributed by atoms with van der Waals surface area (Å²) in [7, 11) is 0. The van der Waals surface area contributed by atoms with Gasteiger partial charge < -0.3 is 10.0 Å². The molecule has 1 atom stereocenters. The van der Waals surface area contributed by atoms with Crippen LogP contribution in [0.25, 0.3) is 0 Å². The first-order valence-corrected chi connectivity index (χ1v) is 7.99. The van der Waals surface area contributed by atoms with Crippen molar-refractivity contribution in [1.82, 2.24) is 9.88 Å². The fraction of sp³-hybridized carbons (Fsp3) is 0.588. The Morgan fingerprint density at radius 1 is 1.36 bits per heavy atom. The Hall–Kier alpha value is -1.91. The Kier molecular flexibility index (Phi) is 5.52. The number of likely N-dealkylation sites (tertiary alicyclic amines) is 1. The molecule has 1 saturated heterocycles. The number of aromatic nitrogens is 1. The van der Waals surface area contributed by atoms with E-state index in [9.17, 15) is 9.59 Å². The number of hydrogen-bond donors (Lipinski definition) is 1. The van der Waals surface area contributed by atoms with E-state index in [1.54, 1.807) is 6.07 Å². The lowest BCUT2D eigenvalue weighted by Gasteiger charge is -2.31. The summed E-state index contributed by atoms with van der Waals surface area (Å²) in [5.41, 5.74) is 0.337. The molecule has 5 heteroatoms. The van der Waals surface area contributed by atoms with E-state index in [2.05, 4.69) is 18.8 Å². The molecule has 22 heavy (non-hydrogen) atoms. The summed E-state index contributed by atoms with van der Waals surface area (Å²) in [6.07, 6.45) is 6.72. The van der Waals surface area contributed by atoms with Crippen LogP contribution in [0.1, 0.15) is 66.8 Å². The number of carboxylic acids is 1. The van der Waals surface area contributed by atoms with E-state index < -0.39 is 5.97 Å². The maximum absolute atomic E-state index is 12.8. The van der Waals surface area contributed by atoms with Crippen molar-refractivity contribution in [3.63, 3.8) is 0 Å². The molecule has 1 aromatic heterocycles. The average molecular weight is 304 g/mol. The van der Waals surface area contributed by atoms with Crippen molar-refractivity contribution in [2.75, 3.05) is 6.54 Å². The van der Waals surface area contributed by atoms with Gasteiger partial charge in [0.1, 0.15) is 5.69 Å². The molecule has 1 aliphatic rings. The standard InChI is InChI=1S/C17H24N2O3/c1-12(2)10-14-6-4-3-5-9-19(14)16(20)13-7-8-18-15(11-13)17(21)22/h7-8,11-12,14H,3-6,9-10H2,1-2H3,(H,21,22). The zero-order chi connectivity index (χ0) is 16.1. The van der Waals surface area contributed by atoms with Crippen molar-refractivity contribution in [2.45, 2.75) is 52.0 Å². The van der Waals surface area contributed by atoms with Crippen LogP contribution in [0.2, 0.25) is 0 Å². The number of pyridine rings is 1. The Bertz CT molecular complexity index is 542. The van der Waals surface area contributed by atoms with E-state index in [4.69, 9.17) is 5.11 Å². The highest BCUT2D eigenvalue weighted by atomic mass is 16.4.